The minimum Gasteiger partial charge on any atom is -0.302 e. The van der Waals surface area contributed by atoms with E-state index >= 15 is 0 Å². The van der Waals surface area contributed by atoms with Crippen LogP contribution in [0, 0.1) is 6.92 Å². The Kier molecular flexibility index (Phi) is 2.96. The second-order valence-electron chi connectivity index (χ2n) is 4.11. The van der Waals surface area contributed by atoms with Gasteiger partial charge in [-0.3, -0.25) is 14.9 Å². The number of rotatable bonds is 3. The quantitative estimate of drug-likeness (QED) is 0.660. The number of carbonyl (C=O) groups excluding carboxylic acids is 1. The van der Waals surface area contributed by atoms with Gasteiger partial charge in [0.1, 0.15) is 11.4 Å². The van der Waals surface area contributed by atoms with E-state index in [9.17, 15) is 4.79 Å². The standard InChI is InChI=1S/C12H11N7O/c1-7-11(18-19-15-7)14-12(20)10-6-9(16-17-10)8-2-4-13-5-3-8/h2-6H,1H3,(H,16,17)(H2,14,15,18,19,20). The van der Waals surface area contributed by atoms with Crippen LogP contribution in [0.3, 0.4) is 0 Å². The van der Waals surface area contributed by atoms with Crippen molar-refractivity contribution in [3.8, 4) is 11.3 Å². The summed E-state index contributed by atoms with van der Waals surface area (Å²) in [6.07, 6.45) is 3.34. The predicted octanol–water partition coefficient (Wildman–Crippen LogP) is 1.15. The molecular weight excluding hydrogens is 258 g/mol. The Morgan fingerprint density at radius 3 is 2.70 bits per heavy atom. The zero-order chi connectivity index (χ0) is 13.9. The summed E-state index contributed by atoms with van der Waals surface area (Å²) in [4.78, 5) is 16.0. The summed E-state index contributed by atoms with van der Waals surface area (Å²) in [7, 11) is 0. The Morgan fingerprint density at radius 2 is 2.00 bits per heavy atom. The van der Waals surface area contributed by atoms with Crippen molar-refractivity contribution >= 4 is 11.7 Å². The van der Waals surface area contributed by atoms with Crippen molar-refractivity contribution in [2.45, 2.75) is 6.92 Å². The average Bonchev–Trinajstić information content (AvgIpc) is 3.10. The van der Waals surface area contributed by atoms with E-state index in [1.807, 2.05) is 12.1 Å². The number of aromatic nitrogens is 6. The lowest BCUT2D eigenvalue weighted by Crippen LogP contribution is -2.13. The fraction of sp³-hybridized carbons (Fsp3) is 0.0833. The Labute approximate surface area is 113 Å². The molecule has 0 bridgehead atoms. The first-order valence-electron chi connectivity index (χ1n) is 5.88. The number of nitrogens with one attached hydrogen (secondary N) is 3. The van der Waals surface area contributed by atoms with E-state index in [0.717, 1.165) is 5.56 Å². The summed E-state index contributed by atoms with van der Waals surface area (Å²) >= 11 is 0. The molecule has 20 heavy (non-hydrogen) atoms. The molecule has 0 unspecified atom stereocenters. The molecular formula is C12H11N7O. The molecule has 0 aromatic carbocycles. The summed E-state index contributed by atoms with van der Waals surface area (Å²) in [6.45, 7) is 1.74. The van der Waals surface area contributed by atoms with Crippen molar-refractivity contribution in [2.24, 2.45) is 0 Å². The summed E-state index contributed by atoms with van der Waals surface area (Å²) in [6, 6.07) is 5.30. The summed E-state index contributed by atoms with van der Waals surface area (Å²) < 4.78 is 0. The number of H-pyrrole nitrogens is 2. The van der Waals surface area contributed by atoms with Gasteiger partial charge >= 0.3 is 0 Å². The van der Waals surface area contributed by atoms with Crippen LogP contribution in [0.5, 0.6) is 0 Å². The largest absolute Gasteiger partial charge is 0.302 e. The highest BCUT2D eigenvalue weighted by Gasteiger charge is 2.13. The van der Waals surface area contributed by atoms with Crippen LogP contribution in [0.1, 0.15) is 16.2 Å². The molecule has 0 aliphatic carbocycles. The van der Waals surface area contributed by atoms with E-state index in [1.54, 1.807) is 25.4 Å². The van der Waals surface area contributed by atoms with Gasteiger partial charge in [0, 0.05) is 18.0 Å². The fourth-order valence-corrected chi connectivity index (χ4v) is 1.69. The van der Waals surface area contributed by atoms with E-state index in [2.05, 4.69) is 35.9 Å². The number of aromatic amines is 2. The van der Waals surface area contributed by atoms with Gasteiger partial charge in [-0.25, -0.2) is 0 Å². The van der Waals surface area contributed by atoms with Crippen molar-refractivity contribution in [3.63, 3.8) is 0 Å². The van der Waals surface area contributed by atoms with E-state index in [4.69, 9.17) is 0 Å². The minimum atomic E-state index is -0.324. The van der Waals surface area contributed by atoms with Crippen LogP contribution in [0.15, 0.2) is 30.6 Å². The van der Waals surface area contributed by atoms with Crippen molar-refractivity contribution < 1.29 is 4.79 Å². The number of carbonyl (C=O) groups is 1. The fourth-order valence-electron chi connectivity index (χ4n) is 1.69. The maximum absolute atomic E-state index is 12.0. The third kappa shape index (κ3) is 2.26. The van der Waals surface area contributed by atoms with Crippen LogP contribution >= 0.6 is 0 Å². The molecule has 0 aliphatic rings. The Hall–Kier alpha value is -3.03. The molecule has 3 N–H and O–H groups in total. The van der Waals surface area contributed by atoms with Crippen molar-refractivity contribution in [1.29, 1.82) is 0 Å². The highest BCUT2D eigenvalue weighted by Crippen LogP contribution is 2.17. The topological polar surface area (TPSA) is 112 Å². The zero-order valence-corrected chi connectivity index (χ0v) is 10.6. The predicted molar refractivity (Wildman–Crippen MR) is 70.9 cm³/mol. The number of nitrogens with zero attached hydrogens (tertiary/aromatic N) is 4. The number of pyridine rings is 1. The number of hydrogen-bond donors (Lipinski definition) is 3. The van der Waals surface area contributed by atoms with Crippen LogP contribution in [0.25, 0.3) is 11.3 Å². The van der Waals surface area contributed by atoms with Gasteiger partial charge in [0.05, 0.1) is 5.69 Å². The summed E-state index contributed by atoms with van der Waals surface area (Å²) in [5.41, 5.74) is 2.52. The van der Waals surface area contributed by atoms with E-state index < -0.39 is 0 Å². The molecule has 0 fully saturated rings. The normalized spacial score (nSPS) is 10.4. The highest BCUT2D eigenvalue weighted by molar-refractivity contribution is 6.03. The maximum atomic E-state index is 12.0. The van der Waals surface area contributed by atoms with Crippen LogP contribution in [0.4, 0.5) is 5.82 Å². The smallest absolute Gasteiger partial charge is 0.274 e. The lowest BCUT2D eigenvalue weighted by atomic mass is 10.2. The first-order chi connectivity index (χ1) is 9.74. The Balaban J connectivity index is 1.80. The van der Waals surface area contributed by atoms with Gasteiger partial charge < -0.3 is 5.32 Å². The molecule has 0 saturated heterocycles. The number of hydrogen-bond acceptors (Lipinski definition) is 5. The van der Waals surface area contributed by atoms with Crippen LogP contribution in [-0.2, 0) is 0 Å². The second kappa shape index (κ2) is 4.92. The molecule has 8 nitrogen and oxygen atoms in total. The van der Waals surface area contributed by atoms with Gasteiger partial charge in [0.25, 0.3) is 5.91 Å². The number of amides is 1. The van der Waals surface area contributed by atoms with Gasteiger partial charge in [-0.2, -0.15) is 15.4 Å². The van der Waals surface area contributed by atoms with Gasteiger partial charge in [0.15, 0.2) is 5.82 Å². The molecule has 0 spiro atoms. The minimum absolute atomic E-state index is 0.324. The molecule has 3 aromatic heterocycles. The second-order valence-corrected chi connectivity index (χ2v) is 4.11. The van der Waals surface area contributed by atoms with Gasteiger partial charge in [-0.15, -0.1) is 5.10 Å². The van der Waals surface area contributed by atoms with E-state index in [1.165, 1.54) is 0 Å². The lowest BCUT2D eigenvalue weighted by molar-refractivity contribution is 0.102. The lowest BCUT2D eigenvalue weighted by Gasteiger charge is -1.98. The molecule has 1 amide bonds. The van der Waals surface area contributed by atoms with Crippen LogP contribution in [0.2, 0.25) is 0 Å². The zero-order valence-electron chi connectivity index (χ0n) is 10.6. The van der Waals surface area contributed by atoms with Crippen LogP contribution < -0.4 is 5.32 Å². The summed E-state index contributed by atoms with van der Waals surface area (Å²) in [5.74, 6) is 0.0740. The SMILES string of the molecule is Cc1n[nH]nc1NC(=O)c1cc(-c2ccncc2)n[nH]1. The molecule has 0 atom stereocenters. The number of anilines is 1. The highest BCUT2D eigenvalue weighted by atomic mass is 16.2. The van der Waals surface area contributed by atoms with Crippen molar-refractivity contribution in [2.75, 3.05) is 5.32 Å². The van der Waals surface area contributed by atoms with Gasteiger partial charge in [-0.1, -0.05) is 0 Å². The molecule has 0 radical (unpaired) electrons. The monoisotopic (exact) mass is 269 g/mol. The van der Waals surface area contributed by atoms with E-state index in [-0.39, 0.29) is 5.91 Å². The van der Waals surface area contributed by atoms with Gasteiger partial charge in [-0.05, 0) is 25.1 Å². The molecule has 8 heteroatoms. The van der Waals surface area contributed by atoms with Gasteiger partial charge in [0.2, 0.25) is 0 Å². The van der Waals surface area contributed by atoms with Crippen LogP contribution in [-0.4, -0.2) is 36.5 Å². The molecule has 3 heterocycles. The third-order valence-electron chi connectivity index (χ3n) is 2.75. The molecule has 3 rings (SSSR count). The Bertz CT molecular complexity index is 731. The van der Waals surface area contributed by atoms with Crippen molar-refractivity contribution in [3.05, 3.63) is 42.0 Å². The maximum Gasteiger partial charge on any atom is 0.274 e. The Morgan fingerprint density at radius 1 is 1.20 bits per heavy atom. The number of aryl methyl sites for hydroxylation is 1. The van der Waals surface area contributed by atoms with Crippen molar-refractivity contribution in [1.82, 2.24) is 30.6 Å². The first-order valence-corrected chi connectivity index (χ1v) is 5.88. The molecule has 0 aliphatic heterocycles. The molecule has 100 valence electrons. The van der Waals surface area contributed by atoms with E-state index in [0.29, 0.717) is 22.9 Å². The third-order valence-corrected chi connectivity index (χ3v) is 2.75. The average molecular weight is 269 g/mol. The molecule has 3 aromatic rings. The summed E-state index contributed by atoms with van der Waals surface area (Å²) in [5, 5.41) is 19.5. The molecule has 0 saturated carbocycles. The first kappa shape index (κ1) is 12.0.